The molecule has 9 aromatic heterocycles. The van der Waals surface area contributed by atoms with E-state index in [9.17, 15) is 13.2 Å². The molecule has 0 amide bonds. The second-order valence-corrected chi connectivity index (χ2v) is 28.6. The van der Waals surface area contributed by atoms with E-state index in [0.717, 1.165) is 205 Å². The van der Waals surface area contributed by atoms with Crippen molar-refractivity contribution in [2.24, 2.45) is 0 Å². The Morgan fingerprint density at radius 2 is 1.07 bits per heavy atom. The molecule has 0 spiro atoms. The van der Waals surface area contributed by atoms with Crippen molar-refractivity contribution in [2.75, 3.05) is 103 Å². The number of fused-ring (bicyclic) bond motifs is 3. The Morgan fingerprint density at radius 1 is 0.526 bits per heavy atom. The van der Waals surface area contributed by atoms with E-state index in [4.69, 9.17) is 46.2 Å². The number of hydrogen-bond donors (Lipinski definition) is 0. The number of rotatable bonds is 15. The van der Waals surface area contributed by atoms with Gasteiger partial charge in [-0.2, -0.15) is 0 Å². The maximum absolute atomic E-state index is 14.3. The van der Waals surface area contributed by atoms with Gasteiger partial charge in [-0.25, -0.2) is 15.0 Å². The SMILES string of the molecule is Cc1cccnc1[C@@H]1CCC[C@H](c2nc3c(CN4CCN(c5cccc6nc([C@H]7CCC[C@@H](c8ncccc8Cl)N7C)cn56)CC4)cccn3c2C=C2CCN(Cc3ccc(N4CCN(C)CC4)n4c(COC(F)(F)F)c([C@H]5CCC[C@@H](c6ncccc6C)N5C)nc34)CC2)N1C. The molecule has 9 aromatic rings. The Kier molecular flexibility index (Phi) is 18.8. The number of aromatic nitrogens is 9. The summed E-state index contributed by atoms with van der Waals surface area (Å²) in [5.41, 5.74) is 16.1. The summed E-state index contributed by atoms with van der Waals surface area (Å²) < 4.78 is 54.5. The number of hydrogen-bond acceptors (Lipinski definition) is 15. The molecule has 510 valence electrons. The highest BCUT2D eigenvalue weighted by molar-refractivity contribution is 6.31. The van der Waals surface area contributed by atoms with Gasteiger partial charge in [-0.05, 0) is 178 Å². The third-order valence-corrected chi connectivity index (χ3v) is 22.7. The van der Waals surface area contributed by atoms with Crippen LogP contribution in [0.4, 0.5) is 24.8 Å². The molecule has 0 saturated carbocycles. The van der Waals surface area contributed by atoms with Gasteiger partial charge in [0.25, 0.3) is 0 Å². The molecular weight excluding hydrogens is 1250 g/mol. The summed E-state index contributed by atoms with van der Waals surface area (Å²) in [6, 6.07) is 27.7. The quantitative estimate of drug-likeness (QED) is 0.0966. The van der Waals surface area contributed by atoms with Crippen LogP contribution in [0.15, 0.2) is 115 Å². The largest absolute Gasteiger partial charge is 0.522 e. The number of halogens is 4. The number of piperidine rings is 4. The fourth-order valence-corrected chi connectivity index (χ4v) is 17.3. The monoisotopic (exact) mass is 1340 g/mol. The molecule has 0 bridgehead atoms. The van der Waals surface area contributed by atoms with Crippen LogP contribution < -0.4 is 9.80 Å². The molecular formula is C75H91ClF3N17O. The van der Waals surface area contributed by atoms with Gasteiger partial charge in [-0.1, -0.05) is 47.5 Å². The molecule has 0 aliphatic carbocycles. The Labute approximate surface area is 572 Å². The van der Waals surface area contributed by atoms with Gasteiger partial charge in [-0.3, -0.25) is 57.4 Å². The number of piperazine rings is 2. The maximum Gasteiger partial charge on any atom is 0.522 e. The second-order valence-electron chi connectivity index (χ2n) is 28.2. The van der Waals surface area contributed by atoms with Crippen molar-refractivity contribution in [3.05, 3.63) is 188 Å². The van der Waals surface area contributed by atoms with Gasteiger partial charge in [-0.15, -0.1) is 13.2 Å². The molecule has 6 aliphatic heterocycles. The van der Waals surface area contributed by atoms with Crippen LogP contribution in [0, 0.1) is 13.8 Å². The minimum Gasteiger partial charge on any atom is -0.355 e. The number of aryl methyl sites for hydroxylation is 2. The first-order valence-corrected chi connectivity index (χ1v) is 35.6. The van der Waals surface area contributed by atoms with Gasteiger partial charge >= 0.3 is 6.36 Å². The fraction of sp³-hybridized carbons (Fsp3) is 0.493. The molecule has 6 aliphatic rings. The van der Waals surface area contributed by atoms with Crippen molar-refractivity contribution in [1.82, 2.24) is 72.5 Å². The average Bonchev–Trinajstić information content (AvgIpc) is 1.61. The van der Waals surface area contributed by atoms with E-state index in [0.29, 0.717) is 28.6 Å². The molecule has 0 aromatic carbocycles. The normalized spacial score (nSPS) is 23.6. The Balaban J connectivity index is 0.701. The number of anilines is 2. The van der Waals surface area contributed by atoms with E-state index in [1.807, 2.05) is 47.3 Å². The molecule has 0 radical (unpaired) electrons. The molecule has 0 unspecified atom stereocenters. The smallest absolute Gasteiger partial charge is 0.355 e. The predicted molar refractivity (Wildman–Crippen MR) is 375 cm³/mol. The lowest BCUT2D eigenvalue weighted by atomic mass is 9.90. The zero-order valence-corrected chi connectivity index (χ0v) is 57.7. The molecule has 97 heavy (non-hydrogen) atoms. The summed E-state index contributed by atoms with van der Waals surface area (Å²) in [6.07, 6.45) is 18.2. The molecule has 6 atom stereocenters. The number of alkyl halides is 3. The van der Waals surface area contributed by atoms with Crippen LogP contribution in [-0.4, -0.2) is 173 Å². The van der Waals surface area contributed by atoms with Crippen LogP contribution in [-0.2, 0) is 24.4 Å². The standard InChI is InChI=1S/C75H91ClF3N17O/c1-50-15-11-31-80-68(50)58-20-8-23-61(88(58)5)71-63(94-34-14-17-53(73(94)84-71)46-91-39-43-92(44-40-91)66-26-10-25-65-83-56(48-95(65)66)57-19-7-22-60(87(57)4)70-55(76)18-13-33-82-70)45-52-29-35-90(36-30-52)47-54-27-28-67(93-41-37-86(3)38-42-93)96-64(49-97-75(77,78)79)72(85-74(54)96)62-24-9-21-59(89(62)6)69-51(2)16-12-32-81-69/h10-18,25-28,31-34,45,48,57-62H,7-9,19-24,29-30,35-44,46-47,49H2,1-6H3/t57-,58+,59+,60+,61-,62-/m1/s1. The van der Waals surface area contributed by atoms with Gasteiger partial charge in [0.1, 0.15) is 28.6 Å². The Morgan fingerprint density at radius 3 is 1.71 bits per heavy atom. The van der Waals surface area contributed by atoms with E-state index in [1.54, 1.807) is 0 Å². The summed E-state index contributed by atoms with van der Waals surface area (Å²) in [5, 5.41) is 0.717. The topological polar surface area (TPSA) is 126 Å². The third-order valence-electron chi connectivity index (χ3n) is 22.4. The summed E-state index contributed by atoms with van der Waals surface area (Å²) in [5.74, 6) is 2.02. The van der Waals surface area contributed by atoms with Gasteiger partial charge in [0.15, 0.2) is 0 Å². The molecule has 22 heteroatoms. The lowest BCUT2D eigenvalue weighted by Crippen LogP contribution is -2.46. The fourth-order valence-electron chi connectivity index (χ4n) is 17.0. The van der Waals surface area contributed by atoms with Crippen molar-refractivity contribution >= 4 is 46.3 Å². The minimum absolute atomic E-state index is 0.00796. The molecule has 15 rings (SSSR count). The summed E-state index contributed by atoms with van der Waals surface area (Å²) in [7, 11) is 8.66. The predicted octanol–water partition coefficient (Wildman–Crippen LogP) is 13.6. The maximum atomic E-state index is 14.3. The molecule has 15 heterocycles. The number of likely N-dealkylation sites (tertiary alicyclic amines) is 4. The van der Waals surface area contributed by atoms with Crippen molar-refractivity contribution < 1.29 is 17.9 Å². The number of ether oxygens (including phenoxy) is 1. The summed E-state index contributed by atoms with van der Waals surface area (Å²) in [4.78, 5) is 50.5. The van der Waals surface area contributed by atoms with E-state index < -0.39 is 13.0 Å². The van der Waals surface area contributed by atoms with Crippen LogP contribution in [0.5, 0.6) is 0 Å². The lowest BCUT2D eigenvalue weighted by Gasteiger charge is -2.39. The van der Waals surface area contributed by atoms with Gasteiger partial charge in [0.2, 0.25) is 0 Å². The van der Waals surface area contributed by atoms with Gasteiger partial charge in [0.05, 0.1) is 93.4 Å². The third kappa shape index (κ3) is 13.2. The highest BCUT2D eigenvalue weighted by Gasteiger charge is 2.40. The number of likely N-dealkylation sites (N-methyl/N-ethyl adjacent to an activating group) is 1. The number of imidazole rings is 3. The van der Waals surface area contributed by atoms with Crippen LogP contribution in [0.2, 0.25) is 5.02 Å². The van der Waals surface area contributed by atoms with E-state index >= 15 is 0 Å². The van der Waals surface area contributed by atoms with Crippen molar-refractivity contribution in [3.63, 3.8) is 0 Å². The molecule has 6 fully saturated rings. The molecule has 18 nitrogen and oxygen atoms in total. The van der Waals surface area contributed by atoms with Crippen LogP contribution in [0.1, 0.15) is 175 Å². The number of pyridine rings is 6. The zero-order valence-electron chi connectivity index (χ0n) is 56.9. The zero-order chi connectivity index (χ0) is 66.6. The van der Waals surface area contributed by atoms with Gasteiger partial charge in [0, 0.05) is 121 Å². The van der Waals surface area contributed by atoms with E-state index in [1.165, 1.54) is 22.5 Å². The summed E-state index contributed by atoms with van der Waals surface area (Å²) >= 11 is 6.71. The Hall–Kier alpha value is -7.34. The molecule has 6 saturated heterocycles. The second kappa shape index (κ2) is 27.8. The van der Waals surface area contributed by atoms with Crippen LogP contribution in [0.3, 0.4) is 0 Å². The Bertz CT molecular complexity index is 4310. The van der Waals surface area contributed by atoms with E-state index in [2.05, 4.69) is 163 Å². The first-order chi connectivity index (χ1) is 47.1. The van der Waals surface area contributed by atoms with Crippen molar-refractivity contribution in [1.29, 1.82) is 0 Å². The van der Waals surface area contributed by atoms with Crippen molar-refractivity contribution in [2.45, 2.75) is 147 Å². The van der Waals surface area contributed by atoms with Gasteiger partial charge < -0.3 is 14.7 Å². The highest BCUT2D eigenvalue weighted by Crippen LogP contribution is 2.46. The number of nitrogens with zero attached hydrogens (tertiary/aromatic N) is 17. The summed E-state index contributed by atoms with van der Waals surface area (Å²) in [6.45, 7) is 13.4. The average molecular weight is 1340 g/mol. The highest BCUT2D eigenvalue weighted by atomic mass is 35.5. The minimum atomic E-state index is -4.82. The first-order valence-electron chi connectivity index (χ1n) is 35.2. The first kappa shape index (κ1) is 65.6. The van der Waals surface area contributed by atoms with Crippen LogP contribution >= 0.6 is 11.6 Å². The van der Waals surface area contributed by atoms with E-state index in [-0.39, 0.29) is 36.3 Å². The molecule has 0 N–H and O–H groups in total. The lowest BCUT2D eigenvalue weighted by molar-refractivity contribution is -0.330. The van der Waals surface area contributed by atoms with Crippen molar-refractivity contribution in [3.8, 4) is 0 Å². The van der Waals surface area contributed by atoms with Crippen LogP contribution in [0.25, 0.3) is 23.0 Å².